The maximum atomic E-state index is 9.00. The van der Waals surface area contributed by atoms with Crippen LogP contribution in [0.15, 0.2) is 0 Å². The predicted octanol–water partition coefficient (Wildman–Crippen LogP) is -0.221. The fraction of sp³-hybridized carbons (Fsp3) is 0.500. The molecule has 0 heterocycles. The van der Waals surface area contributed by atoms with Gasteiger partial charge in [0.05, 0.1) is 0 Å². The highest BCUT2D eigenvalue weighted by Gasteiger charge is 1.65. The number of rotatable bonds is 0. The lowest BCUT2D eigenvalue weighted by molar-refractivity contribution is -0.135. The van der Waals surface area contributed by atoms with Crippen molar-refractivity contribution in [1.82, 2.24) is 0 Å². The average molecular weight is 175 g/mol. The Kier molecular flexibility index (Phi) is 36.0. The molecule has 0 atom stereocenters. The highest BCUT2D eigenvalue weighted by Crippen LogP contribution is 1.42. The van der Waals surface area contributed by atoms with Crippen molar-refractivity contribution < 1.29 is 25.3 Å². The Morgan fingerprint density at radius 3 is 1.00 bits per heavy atom. The molecule has 6 heteroatoms. The van der Waals surface area contributed by atoms with Gasteiger partial charge in [-0.15, -0.1) is 12.4 Å². The van der Waals surface area contributed by atoms with Crippen molar-refractivity contribution in [3.8, 4) is 0 Å². The van der Waals surface area contributed by atoms with Crippen LogP contribution in [0.25, 0.3) is 0 Å². The van der Waals surface area contributed by atoms with E-state index in [1.54, 1.807) is 0 Å². The molecular formula is C4H11ClO5. The van der Waals surface area contributed by atoms with Crippen LogP contribution >= 0.6 is 12.4 Å². The van der Waals surface area contributed by atoms with Gasteiger partial charge in [-0.1, -0.05) is 0 Å². The molecule has 10 heavy (non-hydrogen) atoms. The third kappa shape index (κ3) is 420. The first-order chi connectivity index (χ1) is 3.46. The molecule has 0 bridgehead atoms. The molecular weight excluding hydrogens is 163 g/mol. The van der Waals surface area contributed by atoms with Crippen molar-refractivity contribution >= 4 is 24.3 Å². The van der Waals surface area contributed by atoms with Crippen LogP contribution in [-0.2, 0) is 9.59 Å². The van der Waals surface area contributed by atoms with Gasteiger partial charge in [0.2, 0.25) is 0 Å². The van der Waals surface area contributed by atoms with Crippen LogP contribution in [0.2, 0.25) is 0 Å². The van der Waals surface area contributed by atoms with Crippen LogP contribution in [0.4, 0.5) is 0 Å². The molecule has 0 saturated heterocycles. The lowest BCUT2D eigenvalue weighted by atomic mass is 10.9. The van der Waals surface area contributed by atoms with Gasteiger partial charge in [0, 0.05) is 13.8 Å². The second-order valence-electron chi connectivity index (χ2n) is 1.04. The maximum Gasteiger partial charge on any atom is 0.300 e. The number of carbonyl (C=O) groups is 2. The highest BCUT2D eigenvalue weighted by atomic mass is 35.5. The van der Waals surface area contributed by atoms with E-state index in [1.807, 2.05) is 0 Å². The Labute approximate surface area is 64.4 Å². The van der Waals surface area contributed by atoms with Gasteiger partial charge in [0.25, 0.3) is 11.9 Å². The maximum absolute atomic E-state index is 9.00. The molecule has 0 fully saturated rings. The van der Waals surface area contributed by atoms with Gasteiger partial charge in [0.15, 0.2) is 0 Å². The van der Waals surface area contributed by atoms with Crippen molar-refractivity contribution in [1.29, 1.82) is 0 Å². The van der Waals surface area contributed by atoms with Crippen molar-refractivity contribution in [2.45, 2.75) is 13.8 Å². The predicted molar refractivity (Wildman–Crippen MR) is 37.5 cm³/mol. The molecule has 0 aromatic carbocycles. The van der Waals surface area contributed by atoms with E-state index in [4.69, 9.17) is 19.8 Å². The van der Waals surface area contributed by atoms with Gasteiger partial charge in [-0.3, -0.25) is 9.59 Å². The van der Waals surface area contributed by atoms with Crippen LogP contribution < -0.4 is 0 Å². The summed E-state index contributed by atoms with van der Waals surface area (Å²) in [7, 11) is 0. The first-order valence-electron chi connectivity index (χ1n) is 1.86. The van der Waals surface area contributed by atoms with Crippen molar-refractivity contribution in [2.24, 2.45) is 0 Å². The molecule has 0 rings (SSSR count). The van der Waals surface area contributed by atoms with Gasteiger partial charge >= 0.3 is 0 Å². The molecule has 64 valence electrons. The fourth-order valence-corrected chi connectivity index (χ4v) is 0. The molecule has 0 radical (unpaired) electrons. The van der Waals surface area contributed by atoms with Crippen molar-refractivity contribution in [3.05, 3.63) is 0 Å². The molecule has 0 unspecified atom stereocenters. The molecule has 5 nitrogen and oxygen atoms in total. The second-order valence-corrected chi connectivity index (χ2v) is 1.04. The first kappa shape index (κ1) is 22.9. The minimum Gasteiger partial charge on any atom is -0.481 e. The average Bonchev–Trinajstić information content (AvgIpc) is 1.25. The summed E-state index contributed by atoms with van der Waals surface area (Å²) in [5.41, 5.74) is 0. The van der Waals surface area contributed by atoms with Crippen LogP contribution in [0.3, 0.4) is 0 Å². The molecule has 0 amide bonds. The Hall–Kier alpha value is -0.810. The summed E-state index contributed by atoms with van der Waals surface area (Å²) >= 11 is 0. The Morgan fingerprint density at radius 2 is 1.00 bits per heavy atom. The Bertz CT molecular complexity index is 71.6. The van der Waals surface area contributed by atoms with Crippen molar-refractivity contribution in [2.75, 3.05) is 0 Å². The SMILES string of the molecule is CC(=O)O.CC(=O)O.Cl.O. The molecule has 0 saturated carbocycles. The lowest BCUT2D eigenvalue weighted by Gasteiger charge is -1.59. The number of carboxylic acid groups (broad SMARTS) is 2. The van der Waals surface area contributed by atoms with Gasteiger partial charge in [0.1, 0.15) is 0 Å². The molecule has 0 aliphatic carbocycles. The summed E-state index contributed by atoms with van der Waals surface area (Å²) in [4.78, 5) is 18.0. The van der Waals surface area contributed by atoms with Gasteiger partial charge < -0.3 is 15.7 Å². The number of hydrogen-bond donors (Lipinski definition) is 2. The van der Waals surface area contributed by atoms with Crippen LogP contribution in [0.1, 0.15) is 13.8 Å². The van der Waals surface area contributed by atoms with E-state index in [1.165, 1.54) is 0 Å². The largest absolute Gasteiger partial charge is 0.481 e. The topological polar surface area (TPSA) is 106 Å². The van der Waals surface area contributed by atoms with Gasteiger partial charge in [-0.05, 0) is 0 Å². The number of aliphatic carboxylic acids is 2. The van der Waals surface area contributed by atoms with Gasteiger partial charge in [-0.2, -0.15) is 0 Å². The van der Waals surface area contributed by atoms with Crippen LogP contribution in [-0.4, -0.2) is 27.6 Å². The summed E-state index contributed by atoms with van der Waals surface area (Å²) in [5, 5.41) is 14.8. The molecule has 0 aliphatic heterocycles. The zero-order chi connectivity index (χ0) is 7.15. The van der Waals surface area contributed by atoms with E-state index in [0.717, 1.165) is 13.8 Å². The first-order valence-corrected chi connectivity index (χ1v) is 1.86. The third-order valence-corrected chi connectivity index (χ3v) is 0. The van der Waals surface area contributed by atoms with Crippen molar-refractivity contribution in [3.63, 3.8) is 0 Å². The van der Waals surface area contributed by atoms with E-state index in [2.05, 4.69) is 0 Å². The number of hydrogen-bond acceptors (Lipinski definition) is 2. The Balaban J connectivity index is -0.0000000300. The third-order valence-electron chi connectivity index (χ3n) is 0. The molecule has 0 aliphatic rings. The molecule has 4 N–H and O–H groups in total. The van der Waals surface area contributed by atoms with Gasteiger partial charge in [-0.25, -0.2) is 0 Å². The summed E-state index contributed by atoms with van der Waals surface area (Å²) in [6, 6.07) is 0. The minimum absolute atomic E-state index is 0. The molecule has 0 aromatic rings. The highest BCUT2D eigenvalue weighted by molar-refractivity contribution is 5.85. The summed E-state index contributed by atoms with van der Waals surface area (Å²) < 4.78 is 0. The molecule has 0 spiro atoms. The number of halogens is 1. The lowest BCUT2D eigenvalue weighted by Crippen LogP contribution is -1.78. The zero-order valence-electron chi connectivity index (χ0n) is 5.62. The summed E-state index contributed by atoms with van der Waals surface area (Å²) in [6.07, 6.45) is 0. The van der Waals surface area contributed by atoms with E-state index in [9.17, 15) is 0 Å². The smallest absolute Gasteiger partial charge is 0.300 e. The summed E-state index contributed by atoms with van der Waals surface area (Å²) in [5.74, 6) is -1.67. The van der Waals surface area contributed by atoms with Crippen LogP contribution in [0, 0.1) is 0 Å². The molecule has 0 aromatic heterocycles. The van der Waals surface area contributed by atoms with E-state index < -0.39 is 11.9 Å². The van der Waals surface area contributed by atoms with E-state index in [0.29, 0.717) is 0 Å². The normalized spacial score (nSPS) is 5.00. The number of carboxylic acids is 2. The minimum atomic E-state index is -0.833. The van der Waals surface area contributed by atoms with E-state index in [-0.39, 0.29) is 17.9 Å². The summed E-state index contributed by atoms with van der Waals surface area (Å²) in [6.45, 7) is 2.17. The Morgan fingerprint density at radius 1 is 1.00 bits per heavy atom. The monoisotopic (exact) mass is 174 g/mol. The second kappa shape index (κ2) is 15.7. The standard InChI is InChI=1S/2C2H4O2.ClH.H2O/c2*1-2(3)4;;/h2*1H3,(H,3,4);1H;1H2. The fourth-order valence-electron chi connectivity index (χ4n) is 0. The quantitative estimate of drug-likeness (QED) is 0.529. The van der Waals surface area contributed by atoms with E-state index >= 15 is 0 Å². The van der Waals surface area contributed by atoms with Crippen LogP contribution in [0.5, 0.6) is 0 Å². The zero-order valence-corrected chi connectivity index (χ0v) is 6.44.